The number of rotatable bonds is 4. The van der Waals surface area contributed by atoms with Gasteiger partial charge in [-0.25, -0.2) is 9.78 Å². The summed E-state index contributed by atoms with van der Waals surface area (Å²) >= 11 is 0. The van der Waals surface area contributed by atoms with Crippen molar-refractivity contribution in [2.24, 2.45) is 0 Å². The maximum atomic E-state index is 12.5. The maximum absolute atomic E-state index is 12.5. The lowest BCUT2D eigenvalue weighted by Gasteiger charge is -2.14. The van der Waals surface area contributed by atoms with Crippen LogP contribution in [0.25, 0.3) is 16.5 Å². The number of carbonyl (C=O) groups excluding carboxylic acids is 1. The average molecular weight is 376 g/mol. The third-order valence-corrected chi connectivity index (χ3v) is 4.48. The number of ether oxygens (including phenoxy) is 2. The van der Waals surface area contributed by atoms with Gasteiger partial charge in [-0.15, -0.1) is 0 Å². The lowest BCUT2D eigenvalue weighted by atomic mass is 10.1. The number of hydrogen-bond acceptors (Lipinski definition) is 5. The van der Waals surface area contributed by atoms with Crippen LogP contribution in [0.1, 0.15) is 12.1 Å². The molecule has 0 saturated heterocycles. The number of hydrogen-bond donors (Lipinski definition) is 2. The van der Waals surface area contributed by atoms with E-state index in [-0.39, 0.29) is 6.03 Å². The molecule has 2 amide bonds. The zero-order valence-corrected chi connectivity index (χ0v) is 15.4. The molecule has 7 nitrogen and oxygen atoms in total. The molecule has 2 N–H and O–H groups in total. The number of nitrogens with zero attached hydrogens (tertiary/aromatic N) is 2. The Morgan fingerprint density at radius 2 is 2.11 bits per heavy atom. The summed E-state index contributed by atoms with van der Waals surface area (Å²) in [7, 11) is 1.61. The van der Waals surface area contributed by atoms with Gasteiger partial charge in [0.1, 0.15) is 11.6 Å². The van der Waals surface area contributed by atoms with Gasteiger partial charge in [-0.2, -0.15) is 0 Å². The Hall–Kier alpha value is -3.45. The van der Waals surface area contributed by atoms with Gasteiger partial charge in [-0.1, -0.05) is 12.1 Å². The number of pyridine rings is 2. The van der Waals surface area contributed by atoms with Crippen LogP contribution < -0.4 is 15.4 Å². The van der Waals surface area contributed by atoms with Gasteiger partial charge < -0.3 is 14.8 Å². The van der Waals surface area contributed by atoms with Gasteiger partial charge in [0.15, 0.2) is 0 Å². The molecule has 0 atom stereocenters. The Bertz CT molecular complexity index is 1050. The molecule has 3 aromatic rings. The molecule has 0 saturated carbocycles. The number of amides is 2. The molecule has 0 radical (unpaired) electrons. The predicted molar refractivity (Wildman–Crippen MR) is 109 cm³/mol. The Balaban J connectivity index is 1.51. The highest BCUT2D eigenvalue weighted by Gasteiger charge is 2.11. The fourth-order valence-corrected chi connectivity index (χ4v) is 3.08. The predicted octanol–water partition coefficient (Wildman–Crippen LogP) is 4.09. The van der Waals surface area contributed by atoms with Crippen LogP contribution in [-0.4, -0.2) is 36.3 Å². The first-order valence-corrected chi connectivity index (χ1v) is 8.98. The van der Waals surface area contributed by atoms with Crippen LogP contribution in [0.4, 0.5) is 16.3 Å². The van der Waals surface area contributed by atoms with Crippen LogP contribution in [0.2, 0.25) is 0 Å². The van der Waals surface area contributed by atoms with E-state index < -0.39 is 0 Å². The Morgan fingerprint density at radius 3 is 2.93 bits per heavy atom. The molecule has 0 unspecified atom stereocenters. The van der Waals surface area contributed by atoms with E-state index in [0.717, 1.165) is 28.6 Å². The molecule has 0 aliphatic carbocycles. The quantitative estimate of drug-likeness (QED) is 0.716. The number of aromatic nitrogens is 2. The molecular formula is C21H20N4O3. The van der Waals surface area contributed by atoms with Gasteiger partial charge in [0, 0.05) is 17.6 Å². The standard InChI is InChI=1S/C21H20N4O3/c1-27-15-5-6-16-18(7-10-22-19(16)13-15)24-21(26)25-20-4-2-3-17(23-20)14-8-11-28-12-9-14/h2-8,10,13H,9,11-12H2,1H3,(H2,22,23,24,25,26). The van der Waals surface area contributed by atoms with Gasteiger partial charge in [0.2, 0.25) is 0 Å². The van der Waals surface area contributed by atoms with Gasteiger partial charge in [-0.05, 0) is 42.3 Å². The van der Waals surface area contributed by atoms with Crippen LogP contribution in [0.15, 0.2) is 54.7 Å². The molecule has 0 spiro atoms. The molecule has 142 valence electrons. The first-order valence-electron chi connectivity index (χ1n) is 8.98. The molecule has 0 bridgehead atoms. The number of benzene rings is 1. The summed E-state index contributed by atoms with van der Waals surface area (Å²) in [5.74, 6) is 1.20. The van der Waals surface area contributed by atoms with Gasteiger partial charge in [0.25, 0.3) is 0 Å². The minimum Gasteiger partial charge on any atom is -0.497 e. The molecule has 1 aromatic carbocycles. The summed E-state index contributed by atoms with van der Waals surface area (Å²) in [5.41, 5.74) is 3.38. The Kier molecular flexibility index (Phi) is 5.16. The first kappa shape index (κ1) is 17.9. The molecule has 7 heteroatoms. The summed E-state index contributed by atoms with van der Waals surface area (Å²) in [6, 6.07) is 12.5. The van der Waals surface area contributed by atoms with Crippen LogP contribution in [0.3, 0.4) is 0 Å². The molecule has 28 heavy (non-hydrogen) atoms. The zero-order chi connectivity index (χ0) is 19.3. The third-order valence-electron chi connectivity index (χ3n) is 4.48. The zero-order valence-electron chi connectivity index (χ0n) is 15.4. The van der Waals surface area contributed by atoms with E-state index >= 15 is 0 Å². The molecule has 1 aliphatic rings. The van der Waals surface area contributed by atoms with Crippen LogP contribution in [-0.2, 0) is 4.74 Å². The lowest BCUT2D eigenvalue weighted by Crippen LogP contribution is -2.20. The van der Waals surface area contributed by atoms with Crippen LogP contribution in [0, 0.1) is 0 Å². The highest BCUT2D eigenvalue weighted by Crippen LogP contribution is 2.25. The monoisotopic (exact) mass is 376 g/mol. The van der Waals surface area contributed by atoms with E-state index in [1.807, 2.05) is 36.4 Å². The number of methoxy groups -OCH3 is 1. The van der Waals surface area contributed by atoms with E-state index in [0.29, 0.717) is 30.5 Å². The molecule has 0 fully saturated rings. The number of nitrogens with one attached hydrogen (secondary N) is 2. The number of carbonyl (C=O) groups is 1. The normalized spacial score (nSPS) is 13.7. The van der Waals surface area contributed by atoms with Crippen molar-refractivity contribution in [1.29, 1.82) is 0 Å². The van der Waals surface area contributed by atoms with Crippen LogP contribution in [0.5, 0.6) is 5.75 Å². The summed E-state index contributed by atoms with van der Waals surface area (Å²) < 4.78 is 10.6. The fourth-order valence-electron chi connectivity index (χ4n) is 3.08. The van der Waals surface area contributed by atoms with Crippen molar-refractivity contribution in [2.45, 2.75) is 6.42 Å². The summed E-state index contributed by atoms with van der Waals surface area (Å²) in [5, 5.41) is 6.48. The summed E-state index contributed by atoms with van der Waals surface area (Å²) in [4.78, 5) is 21.4. The first-order chi connectivity index (χ1) is 13.7. The second-order valence-corrected chi connectivity index (χ2v) is 6.28. The molecule has 4 rings (SSSR count). The Labute approximate surface area is 162 Å². The van der Waals surface area contributed by atoms with Gasteiger partial charge >= 0.3 is 6.03 Å². The van der Waals surface area contributed by atoms with Crippen molar-refractivity contribution in [2.75, 3.05) is 31.0 Å². The topological polar surface area (TPSA) is 85.4 Å². The van der Waals surface area contributed by atoms with Crippen molar-refractivity contribution in [1.82, 2.24) is 9.97 Å². The minimum atomic E-state index is -0.367. The van der Waals surface area contributed by atoms with Crippen molar-refractivity contribution in [3.05, 3.63) is 60.4 Å². The largest absolute Gasteiger partial charge is 0.497 e. The highest BCUT2D eigenvalue weighted by atomic mass is 16.5. The van der Waals surface area contributed by atoms with Crippen molar-refractivity contribution >= 4 is 34.0 Å². The molecular weight excluding hydrogens is 356 g/mol. The van der Waals surface area contributed by atoms with Crippen molar-refractivity contribution in [3.63, 3.8) is 0 Å². The van der Waals surface area contributed by atoms with E-state index in [1.54, 1.807) is 25.4 Å². The molecule has 2 aromatic heterocycles. The number of urea groups is 1. The molecule has 1 aliphatic heterocycles. The van der Waals surface area contributed by atoms with E-state index in [1.165, 1.54) is 0 Å². The minimum absolute atomic E-state index is 0.367. The second kappa shape index (κ2) is 8.06. The lowest BCUT2D eigenvalue weighted by molar-refractivity contribution is 0.161. The van der Waals surface area contributed by atoms with E-state index in [9.17, 15) is 4.79 Å². The smallest absolute Gasteiger partial charge is 0.324 e. The van der Waals surface area contributed by atoms with E-state index in [4.69, 9.17) is 9.47 Å². The fraction of sp³-hybridized carbons (Fsp3) is 0.190. The van der Waals surface area contributed by atoms with Crippen molar-refractivity contribution in [3.8, 4) is 5.75 Å². The number of anilines is 2. The average Bonchev–Trinajstić information content (AvgIpc) is 2.74. The summed E-state index contributed by atoms with van der Waals surface area (Å²) in [6.45, 7) is 1.28. The SMILES string of the molecule is COc1ccc2c(NC(=O)Nc3cccc(C4=CCOCC4)n3)ccnc2c1. The van der Waals surface area contributed by atoms with Crippen molar-refractivity contribution < 1.29 is 14.3 Å². The summed E-state index contributed by atoms with van der Waals surface area (Å²) in [6.07, 6.45) is 4.48. The number of fused-ring (bicyclic) bond motifs is 1. The van der Waals surface area contributed by atoms with Gasteiger partial charge in [-0.3, -0.25) is 10.3 Å². The maximum Gasteiger partial charge on any atom is 0.324 e. The van der Waals surface area contributed by atoms with Crippen LogP contribution >= 0.6 is 0 Å². The molecule has 3 heterocycles. The highest BCUT2D eigenvalue weighted by molar-refractivity contribution is 6.05. The third kappa shape index (κ3) is 3.94. The second-order valence-electron chi connectivity index (χ2n) is 6.28. The van der Waals surface area contributed by atoms with Gasteiger partial charge in [0.05, 0.1) is 37.2 Å². The van der Waals surface area contributed by atoms with E-state index in [2.05, 4.69) is 20.6 Å². The Morgan fingerprint density at radius 1 is 1.18 bits per heavy atom.